The van der Waals surface area contributed by atoms with E-state index >= 15 is 0 Å². The Hall–Kier alpha value is -2.51. The Kier molecular flexibility index (Phi) is 5.49. The Morgan fingerprint density at radius 3 is 2.62 bits per heavy atom. The Morgan fingerprint density at radius 2 is 1.96 bits per heavy atom. The number of methoxy groups -OCH3 is 1. The number of aromatic nitrogens is 3. The van der Waals surface area contributed by atoms with Crippen LogP contribution in [0.3, 0.4) is 0 Å². The minimum atomic E-state index is -0.441. The van der Waals surface area contributed by atoms with Crippen molar-refractivity contribution in [3.63, 3.8) is 0 Å². The second-order valence-electron chi connectivity index (χ2n) is 5.51. The molecule has 0 saturated heterocycles. The molecule has 1 aromatic heterocycles. The summed E-state index contributed by atoms with van der Waals surface area (Å²) in [6.07, 6.45) is 0. The van der Waals surface area contributed by atoms with Gasteiger partial charge in [0.15, 0.2) is 11.0 Å². The van der Waals surface area contributed by atoms with Crippen LogP contribution in [-0.2, 0) is 4.79 Å². The molecule has 1 unspecified atom stereocenters. The smallest absolute Gasteiger partial charge is 0.230 e. The fourth-order valence-corrected chi connectivity index (χ4v) is 3.28. The highest BCUT2D eigenvalue weighted by Crippen LogP contribution is 2.31. The summed E-state index contributed by atoms with van der Waals surface area (Å²) in [6.45, 7) is 1.74. The van der Waals surface area contributed by atoms with Gasteiger partial charge in [0.1, 0.15) is 5.75 Å². The molecule has 1 amide bonds. The molecule has 3 aromatic rings. The van der Waals surface area contributed by atoms with E-state index in [4.69, 9.17) is 22.1 Å². The first-order valence-electron chi connectivity index (χ1n) is 7.81. The van der Waals surface area contributed by atoms with Gasteiger partial charge in [-0.2, -0.15) is 0 Å². The van der Waals surface area contributed by atoms with Crippen molar-refractivity contribution in [2.45, 2.75) is 17.3 Å². The van der Waals surface area contributed by atoms with Gasteiger partial charge in [0.2, 0.25) is 5.91 Å². The predicted octanol–water partition coefficient (Wildman–Crippen LogP) is 3.56. The fourth-order valence-electron chi connectivity index (χ4n) is 2.33. The average Bonchev–Trinajstić information content (AvgIpc) is 3.06. The van der Waals surface area contributed by atoms with Crippen molar-refractivity contribution in [3.8, 4) is 22.8 Å². The molecular weight excluding hydrogens is 372 g/mol. The van der Waals surface area contributed by atoms with Crippen molar-refractivity contribution >= 4 is 29.3 Å². The zero-order valence-electron chi connectivity index (χ0n) is 14.2. The van der Waals surface area contributed by atoms with Gasteiger partial charge in [0, 0.05) is 16.3 Å². The first-order chi connectivity index (χ1) is 12.5. The number of halogens is 1. The standard InChI is InChI=1S/C18H17ClN4O2S/c1-11(16(20)24)26-18-22-21-17(12-4-3-5-15(10-12)25-2)23(18)14-8-6-13(19)7-9-14/h3-11H,1-2H3,(H2,20,24). The molecule has 2 aromatic carbocycles. The maximum atomic E-state index is 11.5. The van der Waals surface area contributed by atoms with Crippen molar-refractivity contribution in [2.75, 3.05) is 7.11 Å². The first-order valence-corrected chi connectivity index (χ1v) is 9.07. The van der Waals surface area contributed by atoms with Crippen molar-refractivity contribution in [2.24, 2.45) is 5.73 Å². The van der Waals surface area contributed by atoms with Gasteiger partial charge in [-0.25, -0.2) is 0 Å². The van der Waals surface area contributed by atoms with Gasteiger partial charge in [0.25, 0.3) is 0 Å². The molecule has 0 aliphatic heterocycles. The lowest BCUT2D eigenvalue weighted by Crippen LogP contribution is -2.23. The van der Waals surface area contributed by atoms with Gasteiger partial charge >= 0.3 is 0 Å². The lowest BCUT2D eigenvalue weighted by atomic mass is 10.2. The Labute approximate surface area is 160 Å². The molecule has 134 valence electrons. The molecule has 26 heavy (non-hydrogen) atoms. The second-order valence-corrected chi connectivity index (χ2v) is 7.26. The zero-order valence-corrected chi connectivity index (χ0v) is 15.8. The number of nitrogens with two attached hydrogens (primary N) is 1. The number of hydrogen-bond acceptors (Lipinski definition) is 5. The summed E-state index contributed by atoms with van der Waals surface area (Å²) in [5.74, 6) is 0.932. The summed E-state index contributed by atoms with van der Waals surface area (Å²) >= 11 is 7.27. The number of hydrogen-bond donors (Lipinski definition) is 1. The normalized spacial score (nSPS) is 12.0. The number of carbonyl (C=O) groups is 1. The van der Waals surface area contributed by atoms with Crippen molar-refractivity contribution in [3.05, 3.63) is 53.6 Å². The molecule has 2 N–H and O–H groups in total. The van der Waals surface area contributed by atoms with E-state index in [1.54, 1.807) is 26.2 Å². The number of ether oxygens (including phenoxy) is 1. The maximum absolute atomic E-state index is 11.5. The quantitative estimate of drug-likeness (QED) is 0.653. The highest BCUT2D eigenvalue weighted by atomic mass is 35.5. The minimum Gasteiger partial charge on any atom is -0.497 e. The molecule has 0 saturated carbocycles. The molecule has 0 radical (unpaired) electrons. The number of amides is 1. The van der Waals surface area contributed by atoms with E-state index < -0.39 is 11.2 Å². The summed E-state index contributed by atoms with van der Waals surface area (Å²) in [5, 5.41) is 9.34. The first kappa shape index (κ1) is 18.3. The number of rotatable bonds is 6. The third kappa shape index (κ3) is 3.84. The Morgan fingerprint density at radius 1 is 1.23 bits per heavy atom. The fraction of sp³-hybridized carbons (Fsp3) is 0.167. The molecule has 0 aliphatic carbocycles. The van der Waals surface area contributed by atoms with E-state index in [0.29, 0.717) is 21.8 Å². The van der Waals surface area contributed by atoms with E-state index in [-0.39, 0.29) is 0 Å². The van der Waals surface area contributed by atoms with E-state index in [2.05, 4.69) is 10.2 Å². The molecule has 6 nitrogen and oxygen atoms in total. The van der Waals surface area contributed by atoms with E-state index in [1.807, 2.05) is 41.0 Å². The van der Waals surface area contributed by atoms with Crippen LogP contribution in [0.1, 0.15) is 6.92 Å². The highest BCUT2D eigenvalue weighted by molar-refractivity contribution is 8.00. The van der Waals surface area contributed by atoms with Gasteiger partial charge in [0.05, 0.1) is 12.4 Å². The third-order valence-corrected chi connectivity index (χ3v) is 5.04. The number of primary amides is 1. The summed E-state index contributed by atoms with van der Waals surface area (Å²) in [7, 11) is 1.61. The molecule has 1 atom stereocenters. The molecule has 8 heteroatoms. The van der Waals surface area contributed by atoms with Crippen LogP contribution in [0.2, 0.25) is 5.02 Å². The molecule has 0 fully saturated rings. The van der Waals surface area contributed by atoms with E-state index in [1.165, 1.54) is 11.8 Å². The molecule has 0 spiro atoms. The summed E-state index contributed by atoms with van der Waals surface area (Å²) in [4.78, 5) is 11.5. The number of carbonyl (C=O) groups excluding carboxylic acids is 1. The average molecular weight is 389 g/mol. The molecular formula is C18H17ClN4O2S. The van der Waals surface area contributed by atoms with Crippen LogP contribution in [0.4, 0.5) is 0 Å². The van der Waals surface area contributed by atoms with Crippen LogP contribution in [0.25, 0.3) is 17.1 Å². The Bertz CT molecular complexity index is 927. The lowest BCUT2D eigenvalue weighted by Gasteiger charge is -2.12. The van der Waals surface area contributed by atoms with E-state index in [0.717, 1.165) is 11.3 Å². The van der Waals surface area contributed by atoms with Gasteiger partial charge in [-0.1, -0.05) is 35.5 Å². The topological polar surface area (TPSA) is 83.0 Å². The van der Waals surface area contributed by atoms with Gasteiger partial charge in [-0.15, -0.1) is 10.2 Å². The predicted molar refractivity (Wildman–Crippen MR) is 103 cm³/mol. The summed E-state index contributed by atoms with van der Waals surface area (Å²) in [6, 6.07) is 14.9. The molecule has 0 bridgehead atoms. The maximum Gasteiger partial charge on any atom is 0.230 e. The van der Waals surface area contributed by atoms with Gasteiger partial charge < -0.3 is 10.5 Å². The van der Waals surface area contributed by atoms with Crippen LogP contribution in [0.15, 0.2) is 53.7 Å². The van der Waals surface area contributed by atoms with Gasteiger partial charge in [-0.05, 0) is 43.3 Å². The van der Waals surface area contributed by atoms with Gasteiger partial charge in [-0.3, -0.25) is 9.36 Å². The molecule has 3 rings (SSSR count). The summed E-state index contributed by atoms with van der Waals surface area (Å²) < 4.78 is 7.17. The van der Waals surface area contributed by atoms with Crippen molar-refractivity contribution < 1.29 is 9.53 Å². The molecule has 0 aliphatic rings. The number of thioether (sulfide) groups is 1. The molecule has 1 heterocycles. The van der Waals surface area contributed by atoms with Crippen LogP contribution in [0.5, 0.6) is 5.75 Å². The second kappa shape index (κ2) is 7.80. The number of nitrogens with zero attached hydrogens (tertiary/aromatic N) is 3. The van der Waals surface area contributed by atoms with Crippen LogP contribution >= 0.6 is 23.4 Å². The largest absolute Gasteiger partial charge is 0.497 e. The monoisotopic (exact) mass is 388 g/mol. The van der Waals surface area contributed by atoms with Crippen LogP contribution < -0.4 is 10.5 Å². The number of benzene rings is 2. The van der Waals surface area contributed by atoms with E-state index in [9.17, 15) is 4.79 Å². The third-order valence-electron chi connectivity index (χ3n) is 3.73. The Balaban J connectivity index is 2.13. The highest BCUT2D eigenvalue weighted by Gasteiger charge is 2.20. The van der Waals surface area contributed by atoms with Crippen LogP contribution in [0, 0.1) is 0 Å². The summed E-state index contributed by atoms with van der Waals surface area (Å²) in [5.41, 5.74) is 7.07. The van der Waals surface area contributed by atoms with Crippen molar-refractivity contribution in [1.82, 2.24) is 14.8 Å². The van der Waals surface area contributed by atoms with Crippen molar-refractivity contribution in [1.29, 1.82) is 0 Å². The SMILES string of the molecule is COc1cccc(-c2nnc(SC(C)C(N)=O)n2-c2ccc(Cl)cc2)c1. The van der Waals surface area contributed by atoms with Crippen LogP contribution in [-0.4, -0.2) is 33.0 Å². The minimum absolute atomic E-state index is 0.413. The lowest BCUT2D eigenvalue weighted by molar-refractivity contribution is -0.117. The zero-order chi connectivity index (χ0) is 18.7.